The summed E-state index contributed by atoms with van der Waals surface area (Å²) >= 11 is 5.69. The van der Waals surface area contributed by atoms with Gasteiger partial charge in [0.25, 0.3) is 0 Å². The van der Waals surface area contributed by atoms with Gasteiger partial charge in [-0.1, -0.05) is 23.7 Å². The highest BCUT2D eigenvalue weighted by molar-refractivity contribution is 6.30. The standard InChI is InChI=1S/C10H11ClN2O2/c11-7-3-1-6(2-4-7)8(10(13)15)5-9(12)14/h1-4,8H,5H2,(H2,12,14)(H2,13,15). The van der Waals surface area contributed by atoms with Crippen molar-refractivity contribution in [3.05, 3.63) is 34.9 Å². The van der Waals surface area contributed by atoms with Crippen LogP contribution in [0.3, 0.4) is 0 Å². The van der Waals surface area contributed by atoms with Gasteiger partial charge in [-0.2, -0.15) is 0 Å². The summed E-state index contributed by atoms with van der Waals surface area (Å²) in [5.41, 5.74) is 10.8. The first-order chi connectivity index (χ1) is 7.00. The van der Waals surface area contributed by atoms with Crippen LogP contribution in [0.5, 0.6) is 0 Å². The van der Waals surface area contributed by atoms with Crippen molar-refractivity contribution in [3.63, 3.8) is 0 Å². The maximum absolute atomic E-state index is 11.1. The van der Waals surface area contributed by atoms with E-state index in [9.17, 15) is 9.59 Å². The molecule has 4 nitrogen and oxygen atoms in total. The Morgan fingerprint density at radius 1 is 1.20 bits per heavy atom. The molecule has 0 bridgehead atoms. The molecule has 0 heterocycles. The van der Waals surface area contributed by atoms with Crippen molar-refractivity contribution in [2.45, 2.75) is 12.3 Å². The zero-order chi connectivity index (χ0) is 11.4. The maximum Gasteiger partial charge on any atom is 0.225 e. The Bertz CT molecular complexity index is 376. The van der Waals surface area contributed by atoms with E-state index >= 15 is 0 Å². The SMILES string of the molecule is NC(=O)CC(C(N)=O)c1ccc(Cl)cc1. The van der Waals surface area contributed by atoms with Crippen LogP contribution in [0.1, 0.15) is 17.9 Å². The molecule has 1 aromatic carbocycles. The van der Waals surface area contributed by atoms with Crippen LogP contribution in [-0.4, -0.2) is 11.8 Å². The monoisotopic (exact) mass is 226 g/mol. The molecule has 15 heavy (non-hydrogen) atoms. The Balaban J connectivity index is 2.94. The minimum absolute atomic E-state index is 0.0863. The predicted molar refractivity (Wildman–Crippen MR) is 57.2 cm³/mol. The summed E-state index contributed by atoms with van der Waals surface area (Å²) in [6.45, 7) is 0. The van der Waals surface area contributed by atoms with E-state index in [0.29, 0.717) is 10.6 Å². The minimum atomic E-state index is -0.681. The van der Waals surface area contributed by atoms with Gasteiger partial charge in [-0.25, -0.2) is 0 Å². The van der Waals surface area contributed by atoms with Gasteiger partial charge in [-0.05, 0) is 17.7 Å². The Hall–Kier alpha value is -1.55. The Morgan fingerprint density at radius 3 is 2.13 bits per heavy atom. The van der Waals surface area contributed by atoms with E-state index in [-0.39, 0.29) is 6.42 Å². The third-order valence-electron chi connectivity index (χ3n) is 2.02. The van der Waals surface area contributed by atoms with Crippen molar-refractivity contribution in [2.24, 2.45) is 11.5 Å². The fourth-order valence-corrected chi connectivity index (χ4v) is 1.40. The Kier molecular flexibility index (Phi) is 3.68. The molecule has 0 aliphatic heterocycles. The van der Waals surface area contributed by atoms with E-state index in [2.05, 4.69) is 0 Å². The lowest BCUT2D eigenvalue weighted by Crippen LogP contribution is -2.26. The Morgan fingerprint density at radius 2 is 1.73 bits per heavy atom. The van der Waals surface area contributed by atoms with Crippen LogP contribution in [0.2, 0.25) is 5.02 Å². The summed E-state index contributed by atoms with van der Waals surface area (Å²) in [5, 5.41) is 0.557. The van der Waals surface area contributed by atoms with Gasteiger partial charge in [0.15, 0.2) is 0 Å². The molecule has 4 N–H and O–H groups in total. The molecule has 0 saturated carbocycles. The molecule has 0 fully saturated rings. The average molecular weight is 227 g/mol. The number of carbonyl (C=O) groups is 2. The van der Waals surface area contributed by atoms with E-state index in [4.69, 9.17) is 23.1 Å². The molecule has 5 heteroatoms. The molecule has 0 aromatic heterocycles. The van der Waals surface area contributed by atoms with E-state index in [0.717, 1.165) is 0 Å². The van der Waals surface area contributed by atoms with Crippen molar-refractivity contribution in [3.8, 4) is 0 Å². The molecule has 80 valence electrons. The van der Waals surface area contributed by atoms with Crippen molar-refractivity contribution >= 4 is 23.4 Å². The minimum Gasteiger partial charge on any atom is -0.370 e. The zero-order valence-electron chi connectivity index (χ0n) is 7.94. The topological polar surface area (TPSA) is 86.2 Å². The fraction of sp³-hybridized carbons (Fsp3) is 0.200. The molecule has 0 saturated heterocycles. The van der Waals surface area contributed by atoms with Gasteiger partial charge in [-0.15, -0.1) is 0 Å². The fourth-order valence-electron chi connectivity index (χ4n) is 1.28. The predicted octanol–water partition coefficient (Wildman–Crippen LogP) is 0.784. The molecule has 1 atom stereocenters. The molecule has 1 unspecified atom stereocenters. The summed E-state index contributed by atoms with van der Waals surface area (Å²) in [5.74, 6) is -1.82. The van der Waals surface area contributed by atoms with Crippen molar-refractivity contribution in [2.75, 3.05) is 0 Å². The second-order valence-electron chi connectivity index (χ2n) is 3.18. The molecule has 1 aromatic rings. The quantitative estimate of drug-likeness (QED) is 0.795. The third-order valence-corrected chi connectivity index (χ3v) is 2.27. The zero-order valence-corrected chi connectivity index (χ0v) is 8.70. The van der Waals surface area contributed by atoms with Gasteiger partial charge in [0.05, 0.1) is 5.92 Å². The van der Waals surface area contributed by atoms with Gasteiger partial charge < -0.3 is 11.5 Å². The molecule has 0 spiro atoms. The molecule has 0 radical (unpaired) electrons. The second-order valence-corrected chi connectivity index (χ2v) is 3.61. The van der Waals surface area contributed by atoms with Crippen molar-refractivity contribution in [1.29, 1.82) is 0 Å². The summed E-state index contributed by atoms with van der Waals surface area (Å²) in [7, 11) is 0. The third kappa shape index (κ3) is 3.25. The number of benzene rings is 1. The molecule has 2 amide bonds. The average Bonchev–Trinajstić information content (AvgIpc) is 2.15. The molecular weight excluding hydrogens is 216 g/mol. The van der Waals surface area contributed by atoms with E-state index in [1.807, 2.05) is 0 Å². The van der Waals surface area contributed by atoms with Crippen LogP contribution in [0, 0.1) is 0 Å². The van der Waals surface area contributed by atoms with Crippen LogP contribution in [-0.2, 0) is 9.59 Å². The van der Waals surface area contributed by atoms with Crippen LogP contribution >= 0.6 is 11.6 Å². The number of hydrogen-bond acceptors (Lipinski definition) is 2. The number of primary amides is 2. The van der Waals surface area contributed by atoms with Gasteiger partial charge in [0.1, 0.15) is 0 Å². The van der Waals surface area contributed by atoms with Gasteiger partial charge in [-0.3, -0.25) is 9.59 Å². The van der Waals surface area contributed by atoms with Crippen LogP contribution in [0.15, 0.2) is 24.3 Å². The first kappa shape index (κ1) is 11.5. The number of hydrogen-bond donors (Lipinski definition) is 2. The summed E-state index contributed by atoms with van der Waals surface area (Å²) in [6.07, 6.45) is -0.0863. The van der Waals surface area contributed by atoms with E-state index in [1.54, 1.807) is 24.3 Å². The number of amides is 2. The normalized spacial score (nSPS) is 12.1. The van der Waals surface area contributed by atoms with Gasteiger partial charge in [0.2, 0.25) is 11.8 Å². The number of rotatable bonds is 4. The van der Waals surface area contributed by atoms with E-state index < -0.39 is 17.7 Å². The molecular formula is C10H11ClN2O2. The molecule has 0 aliphatic carbocycles. The number of nitrogens with two attached hydrogens (primary N) is 2. The first-order valence-corrected chi connectivity index (χ1v) is 4.71. The van der Waals surface area contributed by atoms with Crippen LogP contribution in [0.4, 0.5) is 0 Å². The lowest BCUT2D eigenvalue weighted by atomic mass is 9.95. The lowest BCUT2D eigenvalue weighted by molar-refractivity contribution is -0.124. The summed E-state index contributed by atoms with van der Waals surface area (Å²) < 4.78 is 0. The second kappa shape index (κ2) is 4.79. The van der Waals surface area contributed by atoms with Gasteiger partial charge in [0, 0.05) is 11.4 Å². The highest BCUT2D eigenvalue weighted by Gasteiger charge is 2.19. The first-order valence-electron chi connectivity index (χ1n) is 4.34. The number of halogens is 1. The maximum atomic E-state index is 11.1. The lowest BCUT2D eigenvalue weighted by Gasteiger charge is -2.11. The van der Waals surface area contributed by atoms with Crippen molar-refractivity contribution < 1.29 is 9.59 Å². The molecule has 0 aliphatic rings. The highest BCUT2D eigenvalue weighted by Crippen LogP contribution is 2.21. The number of carbonyl (C=O) groups excluding carboxylic acids is 2. The smallest absolute Gasteiger partial charge is 0.225 e. The van der Waals surface area contributed by atoms with E-state index in [1.165, 1.54) is 0 Å². The Labute approximate surface area is 92.2 Å². The summed E-state index contributed by atoms with van der Waals surface area (Å²) in [4.78, 5) is 21.8. The van der Waals surface area contributed by atoms with Crippen LogP contribution < -0.4 is 11.5 Å². The van der Waals surface area contributed by atoms with Crippen molar-refractivity contribution in [1.82, 2.24) is 0 Å². The summed E-state index contributed by atoms with van der Waals surface area (Å²) in [6, 6.07) is 6.57. The van der Waals surface area contributed by atoms with Crippen LogP contribution in [0.25, 0.3) is 0 Å². The molecule has 1 rings (SSSR count). The van der Waals surface area contributed by atoms with Gasteiger partial charge >= 0.3 is 0 Å². The largest absolute Gasteiger partial charge is 0.370 e. The highest BCUT2D eigenvalue weighted by atomic mass is 35.5.